The van der Waals surface area contributed by atoms with Crippen LogP contribution in [-0.2, 0) is 4.79 Å². The molecule has 0 atom stereocenters. The number of amides is 2. The number of primary amides is 1. The second kappa shape index (κ2) is 13.7. The Kier molecular flexibility index (Phi) is 11.3. The summed E-state index contributed by atoms with van der Waals surface area (Å²) in [7, 11) is 0. The fourth-order valence-electron chi connectivity index (χ4n) is 4.18. The average molecular weight is 560 g/mol. The number of nitrogens with two attached hydrogens (primary N) is 1. The number of piperidine rings is 1. The molecule has 2 amide bonds. The van der Waals surface area contributed by atoms with Crippen molar-refractivity contribution in [1.29, 1.82) is 0 Å². The van der Waals surface area contributed by atoms with E-state index >= 15 is 0 Å². The highest BCUT2D eigenvalue weighted by Gasteiger charge is 2.25. The van der Waals surface area contributed by atoms with Crippen molar-refractivity contribution in [2.45, 2.75) is 32.6 Å². The lowest BCUT2D eigenvalue weighted by Crippen LogP contribution is -2.53. The molecule has 180 valence electrons. The van der Waals surface area contributed by atoms with Crippen LogP contribution in [-0.4, -0.2) is 91.4 Å². The zero-order chi connectivity index (χ0) is 22.1. The topological polar surface area (TPSA) is 107 Å². The molecule has 3 N–H and O–H groups in total. The highest BCUT2D eigenvalue weighted by molar-refractivity contribution is 14.0. The number of furan rings is 1. The monoisotopic (exact) mass is 560 g/mol. The van der Waals surface area contributed by atoms with Gasteiger partial charge in [-0.25, -0.2) is 0 Å². The summed E-state index contributed by atoms with van der Waals surface area (Å²) in [5.41, 5.74) is 5.41. The first kappa shape index (κ1) is 26.4. The fraction of sp³-hybridized carbons (Fsp3) is 0.682. The van der Waals surface area contributed by atoms with Gasteiger partial charge in [0.25, 0.3) is 5.91 Å². The molecule has 2 aliphatic rings. The second-order valence-corrected chi connectivity index (χ2v) is 8.22. The first-order valence-corrected chi connectivity index (χ1v) is 11.5. The molecule has 3 rings (SSSR count). The average Bonchev–Trinajstić information content (AvgIpc) is 3.33. The zero-order valence-corrected chi connectivity index (χ0v) is 21.3. The molecule has 2 aliphatic heterocycles. The van der Waals surface area contributed by atoms with Crippen LogP contribution in [0.1, 0.15) is 43.2 Å². The van der Waals surface area contributed by atoms with E-state index in [1.165, 1.54) is 6.26 Å². The van der Waals surface area contributed by atoms with E-state index in [0.29, 0.717) is 18.8 Å². The van der Waals surface area contributed by atoms with Gasteiger partial charge in [0.1, 0.15) is 0 Å². The van der Waals surface area contributed by atoms with Crippen molar-refractivity contribution < 1.29 is 14.0 Å². The van der Waals surface area contributed by atoms with Crippen LogP contribution in [0.15, 0.2) is 27.8 Å². The van der Waals surface area contributed by atoms with Crippen LogP contribution < -0.4 is 11.1 Å². The number of hydrogen-bond donors (Lipinski definition) is 2. The Morgan fingerprint density at radius 2 is 1.81 bits per heavy atom. The minimum Gasteiger partial charge on any atom is -0.459 e. The number of nitrogens with zero attached hydrogens (tertiary/aromatic N) is 4. The number of halogens is 1. The summed E-state index contributed by atoms with van der Waals surface area (Å²) < 4.78 is 5.23. The number of aliphatic imine (C=N–C) groups is 1. The molecule has 0 bridgehead atoms. The van der Waals surface area contributed by atoms with Gasteiger partial charge >= 0.3 is 0 Å². The molecule has 0 unspecified atom stereocenters. The molecule has 3 heterocycles. The summed E-state index contributed by atoms with van der Waals surface area (Å²) in [6.07, 6.45) is 5.42. The Hall–Kier alpha value is -1.82. The molecule has 1 aromatic rings. The van der Waals surface area contributed by atoms with Gasteiger partial charge in [0.15, 0.2) is 11.7 Å². The number of carbonyl (C=O) groups excluding carboxylic acids is 2. The second-order valence-electron chi connectivity index (χ2n) is 8.22. The van der Waals surface area contributed by atoms with Crippen LogP contribution in [0.25, 0.3) is 0 Å². The van der Waals surface area contributed by atoms with E-state index in [0.717, 1.165) is 77.5 Å². The summed E-state index contributed by atoms with van der Waals surface area (Å²) in [5, 5.41) is 3.38. The van der Waals surface area contributed by atoms with Crippen LogP contribution in [0.4, 0.5) is 0 Å². The Balaban J connectivity index is 0.00000363. The molecule has 0 radical (unpaired) electrons. The van der Waals surface area contributed by atoms with Crippen LogP contribution >= 0.6 is 24.0 Å². The molecule has 0 aromatic carbocycles. The van der Waals surface area contributed by atoms with Crippen molar-refractivity contribution in [3.8, 4) is 0 Å². The summed E-state index contributed by atoms with van der Waals surface area (Å²) >= 11 is 0. The number of carbonyl (C=O) groups is 2. The van der Waals surface area contributed by atoms with Crippen molar-refractivity contribution >= 4 is 41.8 Å². The van der Waals surface area contributed by atoms with Crippen molar-refractivity contribution in [3.63, 3.8) is 0 Å². The van der Waals surface area contributed by atoms with E-state index < -0.39 is 0 Å². The predicted molar refractivity (Wildman–Crippen MR) is 135 cm³/mol. The third-order valence-corrected chi connectivity index (χ3v) is 6.07. The molecule has 0 saturated carbocycles. The maximum atomic E-state index is 12.4. The number of hydrogen-bond acceptors (Lipinski definition) is 5. The van der Waals surface area contributed by atoms with E-state index in [1.54, 1.807) is 12.1 Å². The first-order chi connectivity index (χ1) is 15.1. The smallest absolute Gasteiger partial charge is 0.289 e. The van der Waals surface area contributed by atoms with Crippen LogP contribution in [0.2, 0.25) is 0 Å². The van der Waals surface area contributed by atoms with Gasteiger partial charge in [-0.15, -0.1) is 24.0 Å². The van der Waals surface area contributed by atoms with Crippen molar-refractivity contribution in [3.05, 3.63) is 24.2 Å². The van der Waals surface area contributed by atoms with Gasteiger partial charge in [-0.05, 0) is 64.4 Å². The number of rotatable bonds is 8. The Labute approximate surface area is 207 Å². The minimum absolute atomic E-state index is 0. The van der Waals surface area contributed by atoms with Crippen LogP contribution in [0.5, 0.6) is 0 Å². The molecular formula is C22H37IN6O3. The Morgan fingerprint density at radius 3 is 2.41 bits per heavy atom. The van der Waals surface area contributed by atoms with E-state index in [4.69, 9.17) is 15.1 Å². The molecule has 0 spiro atoms. The van der Waals surface area contributed by atoms with Gasteiger partial charge < -0.3 is 30.2 Å². The Morgan fingerprint density at radius 1 is 1.12 bits per heavy atom. The highest BCUT2D eigenvalue weighted by atomic mass is 127. The SMILES string of the molecule is CCNC(=NCCCCN1CCC(C(N)=O)CC1)N1CCN(C(=O)c2ccco2)CC1.I. The van der Waals surface area contributed by atoms with Gasteiger partial charge in [-0.3, -0.25) is 14.6 Å². The molecule has 10 heteroatoms. The van der Waals surface area contributed by atoms with Crippen molar-refractivity contribution in [2.24, 2.45) is 16.6 Å². The van der Waals surface area contributed by atoms with Gasteiger partial charge in [0.2, 0.25) is 5.91 Å². The third kappa shape index (κ3) is 7.65. The summed E-state index contributed by atoms with van der Waals surface area (Å²) in [5.74, 6) is 1.17. The maximum absolute atomic E-state index is 12.4. The van der Waals surface area contributed by atoms with E-state index in [-0.39, 0.29) is 41.7 Å². The van der Waals surface area contributed by atoms with Crippen LogP contribution in [0, 0.1) is 5.92 Å². The minimum atomic E-state index is -0.156. The normalized spacial score (nSPS) is 18.3. The molecule has 2 saturated heterocycles. The Bertz CT molecular complexity index is 726. The quantitative estimate of drug-likeness (QED) is 0.217. The van der Waals surface area contributed by atoms with Crippen molar-refractivity contribution in [1.82, 2.24) is 20.0 Å². The van der Waals surface area contributed by atoms with Crippen molar-refractivity contribution in [2.75, 3.05) is 58.9 Å². The summed E-state index contributed by atoms with van der Waals surface area (Å²) in [4.78, 5) is 35.0. The lowest BCUT2D eigenvalue weighted by atomic mass is 9.96. The number of likely N-dealkylation sites (tertiary alicyclic amines) is 1. The number of nitrogens with one attached hydrogen (secondary N) is 1. The van der Waals surface area contributed by atoms with Gasteiger partial charge in [0, 0.05) is 45.2 Å². The van der Waals surface area contributed by atoms with E-state index in [2.05, 4.69) is 22.0 Å². The van der Waals surface area contributed by atoms with E-state index in [9.17, 15) is 9.59 Å². The first-order valence-electron chi connectivity index (χ1n) is 11.5. The number of piperazine rings is 1. The van der Waals surface area contributed by atoms with E-state index in [1.807, 2.05) is 4.90 Å². The molecular weight excluding hydrogens is 523 g/mol. The lowest BCUT2D eigenvalue weighted by molar-refractivity contribution is -0.123. The molecule has 2 fully saturated rings. The molecule has 1 aromatic heterocycles. The number of guanidine groups is 1. The predicted octanol–water partition coefficient (Wildman–Crippen LogP) is 1.60. The largest absolute Gasteiger partial charge is 0.459 e. The summed E-state index contributed by atoms with van der Waals surface area (Å²) in [6.45, 7) is 9.47. The number of unbranched alkanes of at least 4 members (excludes halogenated alkanes) is 1. The molecule has 9 nitrogen and oxygen atoms in total. The maximum Gasteiger partial charge on any atom is 0.289 e. The fourth-order valence-corrected chi connectivity index (χ4v) is 4.18. The zero-order valence-electron chi connectivity index (χ0n) is 19.0. The van der Waals surface area contributed by atoms with Gasteiger partial charge in [-0.2, -0.15) is 0 Å². The molecule has 32 heavy (non-hydrogen) atoms. The summed E-state index contributed by atoms with van der Waals surface area (Å²) in [6, 6.07) is 3.45. The highest BCUT2D eigenvalue weighted by Crippen LogP contribution is 2.17. The van der Waals surface area contributed by atoms with Gasteiger partial charge in [0.05, 0.1) is 6.26 Å². The lowest BCUT2D eigenvalue weighted by Gasteiger charge is -2.36. The van der Waals surface area contributed by atoms with Crippen LogP contribution in [0.3, 0.4) is 0 Å². The molecule has 0 aliphatic carbocycles. The third-order valence-electron chi connectivity index (χ3n) is 6.07. The standard InChI is InChI=1S/C22H36N6O3.HI/c1-2-24-22(25-9-3-4-10-26-11-7-18(8-12-26)20(23)29)28-15-13-27(14-16-28)21(30)19-6-5-17-31-19;/h5-6,17-18H,2-4,7-16H2,1H3,(H2,23,29)(H,24,25);1H. The van der Waals surface area contributed by atoms with Gasteiger partial charge in [-0.1, -0.05) is 0 Å².